The third-order valence-electron chi connectivity index (χ3n) is 3.81. The Morgan fingerprint density at radius 2 is 2.18 bits per heavy atom. The molecule has 1 atom stereocenters. The Hall–Kier alpha value is -0.570. The summed E-state index contributed by atoms with van der Waals surface area (Å²) in [5.41, 5.74) is 0. The summed E-state index contributed by atoms with van der Waals surface area (Å²) < 4.78 is 27.5. The van der Waals surface area contributed by atoms with Crippen LogP contribution in [0.1, 0.15) is 12.8 Å². The van der Waals surface area contributed by atoms with E-state index in [0.29, 0.717) is 28.6 Å². The highest BCUT2D eigenvalue weighted by atomic mass is 79.9. The number of nitrogens with zero attached hydrogens (tertiary/aromatic N) is 1. The highest BCUT2D eigenvalue weighted by molar-refractivity contribution is 9.10. The van der Waals surface area contributed by atoms with Gasteiger partial charge in [-0.25, -0.2) is 8.42 Å². The maximum absolute atomic E-state index is 12.8. The monoisotopic (exact) mass is 404 g/mol. The van der Waals surface area contributed by atoms with E-state index in [9.17, 15) is 13.2 Å². The largest absolute Gasteiger partial charge is 0.354 e. The van der Waals surface area contributed by atoms with Crippen LogP contribution in [0.2, 0.25) is 0 Å². The molecular weight excluding hydrogens is 388 g/mol. The predicted molar refractivity (Wildman–Crippen MR) is 90.0 cm³/mol. The van der Waals surface area contributed by atoms with E-state index < -0.39 is 16.1 Å². The van der Waals surface area contributed by atoms with Crippen LogP contribution in [0.3, 0.4) is 0 Å². The quantitative estimate of drug-likeness (QED) is 0.814. The molecule has 1 saturated heterocycles. The summed E-state index contributed by atoms with van der Waals surface area (Å²) in [4.78, 5) is 12.5. The zero-order valence-corrected chi connectivity index (χ0v) is 15.1. The third kappa shape index (κ3) is 3.50. The standard InChI is InChI=1S/C14H17BrN2O3S2/c15-11-2-1-3-12(6-11)22(19,20)17-9-21-8-13(17)14(18)16-7-10-4-5-10/h1-3,6,10,13H,4-5,7-9H2,(H,16,18). The average Bonchev–Trinajstić information content (AvgIpc) is 3.18. The van der Waals surface area contributed by atoms with Crippen LogP contribution in [0.25, 0.3) is 0 Å². The summed E-state index contributed by atoms with van der Waals surface area (Å²) in [5.74, 6) is 1.21. The van der Waals surface area contributed by atoms with Crippen molar-refractivity contribution in [1.82, 2.24) is 9.62 Å². The summed E-state index contributed by atoms with van der Waals surface area (Å²) in [6.07, 6.45) is 2.31. The SMILES string of the molecule is O=C(NCC1CC1)C1CSCN1S(=O)(=O)c1cccc(Br)c1. The molecule has 0 spiro atoms. The van der Waals surface area contributed by atoms with Crippen LogP contribution < -0.4 is 5.32 Å². The fraction of sp³-hybridized carbons (Fsp3) is 0.500. The van der Waals surface area contributed by atoms with Crippen LogP contribution >= 0.6 is 27.7 Å². The Balaban J connectivity index is 1.77. The van der Waals surface area contributed by atoms with Crippen molar-refractivity contribution in [3.63, 3.8) is 0 Å². The molecule has 2 fully saturated rings. The molecule has 1 aliphatic heterocycles. The van der Waals surface area contributed by atoms with Crippen molar-refractivity contribution in [2.75, 3.05) is 18.2 Å². The van der Waals surface area contributed by atoms with Gasteiger partial charge in [-0.3, -0.25) is 4.79 Å². The molecule has 1 heterocycles. The summed E-state index contributed by atoms with van der Waals surface area (Å²) >= 11 is 4.76. The third-order valence-corrected chi connectivity index (χ3v) is 7.33. The summed E-state index contributed by atoms with van der Waals surface area (Å²) in [5, 5.41) is 2.88. The van der Waals surface area contributed by atoms with Gasteiger partial charge in [0.1, 0.15) is 6.04 Å². The minimum absolute atomic E-state index is 0.185. The smallest absolute Gasteiger partial charge is 0.244 e. The molecule has 1 unspecified atom stereocenters. The van der Waals surface area contributed by atoms with Gasteiger partial charge in [0.25, 0.3) is 0 Å². The lowest BCUT2D eigenvalue weighted by Crippen LogP contribution is -2.47. The first-order chi connectivity index (χ1) is 10.5. The fourth-order valence-corrected chi connectivity index (χ4v) is 6.06. The van der Waals surface area contributed by atoms with E-state index in [2.05, 4.69) is 21.2 Å². The molecule has 8 heteroatoms. The first-order valence-corrected chi connectivity index (χ1v) is 10.5. The van der Waals surface area contributed by atoms with E-state index in [1.807, 2.05) is 0 Å². The lowest BCUT2D eigenvalue weighted by Gasteiger charge is -2.22. The Morgan fingerprint density at radius 3 is 2.86 bits per heavy atom. The molecule has 1 aromatic rings. The number of halogens is 1. The number of carbonyl (C=O) groups is 1. The first-order valence-electron chi connectivity index (χ1n) is 7.11. The molecule has 120 valence electrons. The molecule has 22 heavy (non-hydrogen) atoms. The number of sulfonamides is 1. The van der Waals surface area contributed by atoms with Gasteiger partial charge in [-0.15, -0.1) is 11.8 Å². The van der Waals surface area contributed by atoms with Gasteiger partial charge < -0.3 is 5.32 Å². The molecule has 1 N–H and O–H groups in total. The highest BCUT2D eigenvalue weighted by Crippen LogP contribution is 2.30. The van der Waals surface area contributed by atoms with E-state index in [-0.39, 0.29) is 10.8 Å². The van der Waals surface area contributed by atoms with Crippen molar-refractivity contribution in [2.24, 2.45) is 5.92 Å². The molecule has 0 aromatic heterocycles. The van der Waals surface area contributed by atoms with Gasteiger partial charge in [0.05, 0.1) is 10.8 Å². The van der Waals surface area contributed by atoms with Gasteiger partial charge in [-0.2, -0.15) is 4.31 Å². The average molecular weight is 405 g/mol. The number of hydrogen-bond acceptors (Lipinski definition) is 4. The number of nitrogens with one attached hydrogen (secondary N) is 1. The summed E-state index contributed by atoms with van der Waals surface area (Å²) in [7, 11) is -3.66. The minimum Gasteiger partial charge on any atom is -0.354 e. The van der Waals surface area contributed by atoms with Gasteiger partial charge in [-0.1, -0.05) is 22.0 Å². The van der Waals surface area contributed by atoms with Crippen molar-refractivity contribution in [3.05, 3.63) is 28.7 Å². The highest BCUT2D eigenvalue weighted by Gasteiger charge is 2.40. The molecular formula is C14H17BrN2O3S2. The van der Waals surface area contributed by atoms with Gasteiger partial charge in [0.15, 0.2) is 0 Å². The number of rotatable bonds is 5. The van der Waals surface area contributed by atoms with E-state index in [1.165, 1.54) is 16.1 Å². The lowest BCUT2D eigenvalue weighted by atomic mass is 10.3. The van der Waals surface area contributed by atoms with Crippen LogP contribution in [0.4, 0.5) is 0 Å². The zero-order chi connectivity index (χ0) is 15.7. The molecule has 2 aliphatic rings. The van der Waals surface area contributed by atoms with Crippen molar-refractivity contribution in [3.8, 4) is 0 Å². The maximum atomic E-state index is 12.8. The normalized spacial score (nSPS) is 22.7. The van der Waals surface area contributed by atoms with Crippen molar-refractivity contribution >= 4 is 43.6 Å². The van der Waals surface area contributed by atoms with E-state index in [0.717, 1.165) is 12.8 Å². The molecule has 0 bridgehead atoms. The van der Waals surface area contributed by atoms with E-state index in [1.54, 1.807) is 24.3 Å². The van der Waals surface area contributed by atoms with Crippen LogP contribution in [-0.2, 0) is 14.8 Å². The lowest BCUT2D eigenvalue weighted by molar-refractivity contribution is -0.123. The molecule has 1 aliphatic carbocycles. The fourth-order valence-electron chi connectivity index (χ4n) is 2.32. The second-order valence-electron chi connectivity index (χ2n) is 5.55. The number of hydrogen-bond donors (Lipinski definition) is 1. The molecule has 1 amide bonds. The molecule has 3 rings (SSSR count). The Morgan fingerprint density at radius 1 is 1.41 bits per heavy atom. The Labute approximate surface area is 143 Å². The summed E-state index contributed by atoms with van der Waals surface area (Å²) in [6, 6.07) is 5.97. The van der Waals surface area contributed by atoms with Crippen molar-refractivity contribution in [2.45, 2.75) is 23.8 Å². The zero-order valence-electron chi connectivity index (χ0n) is 11.9. The molecule has 1 aromatic carbocycles. The number of thioether (sulfide) groups is 1. The topological polar surface area (TPSA) is 66.5 Å². The van der Waals surface area contributed by atoms with E-state index in [4.69, 9.17) is 0 Å². The van der Waals surface area contributed by atoms with Crippen LogP contribution in [0, 0.1) is 5.92 Å². The Kier molecular flexibility index (Phi) is 4.82. The number of amides is 1. The van der Waals surface area contributed by atoms with Gasteiger partial charge in [-0.05, 0) is 37.0 Å². The van der Waals surface area contributed by atoms with Crippen LogP contribution in [0.15, 0.2) is 33.6 Å². The van der Waals surface area contributed by atoms with Crippen molar-refractivity contribution in [1.29, 1.82) is 0 Å². The Bertz CT molecular complexity index is 676. The minimum atomic E-state index is -3.66. The van der Waals surface area contributed by atoms with Gasteiger partial charge in [0, 0.05) is 16.8 Å². The van der Waals surface area contributed by atoms with E-state index >= 15 is 0 Å². The summed E-state index contributed by atoms with van der Waals surface area (Å²) in [6.45, 7) is 0.658. The van der Waals surface area contributed by atoms with Crippen molar-refractivity contribution < 1.29 is 13.2 Å². The number of carbonyl (C=O) groups excluding carboxylic acids is 1. The maximum Gasteiger partial charge on any atom is 0.244 e. The predicted octanol–water partition coefficient (Wildman–Crippen LogP) is 2.04. The first kappa shape index (κ1) is 16.3. The second kappa shape index (κ2) is 6.51. The van der Waals surface area contributed by atoms with Gasteiger partial charge in [0.2, 0.25) is 15.9 Å². The second-order valence-corrected chi connectivity index (χ2v) is 9.36. The van der Waals surface area contributed by atoms with Gasteiger partial charge >= 0.3 is 0 Å². The molecule has 5 nitrogen and oxygen atoms in total. The molecule has 0 radical (unpaired) electrons. The number of benzene rings is 1. The van der Waals surface area contributed by atoms with Crippen LogP contribution in [-0.4, -0.2) is 42.8 Å². The van der Waals surface area contributed by atoms with Crippen LogP contribution in [0.5, 0.6) is 0 Å². The molecule has 1 saturated carbocycles.